The van der Waals surface area contributed by atoms with Gasteiger partial charge in [0.15, 0.2) is 18.9 Å². The van der Waals surface area contributed by atoms with E-state index >= 15 is 0 Å². The van der Waals surface area contributed by atoms with Gasteiger partial charge in [-0.25, -0.2) is 0 Å². The largest absolute Gasteiger partial charge is 0.394 e. The van der Waals surface area contributed by atoms with Crippen molar-refractivity contribution >= 4 is 5.91 Å². The van der Waals surface area contributed by atoms with Crippen molar-refractivity contribution in [3.8, 4) is 0 Å². The van der Waals surface area contributed by atoms with E-state index < -0.39 is 111 Å². The Labute approximate surface area is 224 Å². The SMILES string of the molecule is CCCO[C@@H]1OC(C)[C@H](O)[C@@H](O[C@H]2O[C@H](CO)[C@@H](O)C(O)C2O)C1O[C@@H]1OC(CO)[C@H](O)C(O)[C@H]1NC(C)=O. The minimum absolute atomic E-state index is 0.182. The summed E-state index contributed by atoms with van der Waals surface area (Å²) in [5.41, 5.74) is 0. The van der Waals surface area contributed by atoms with Gasteiger partial charge in [0.25, 0.3) is 0 Å². The summed E-state index contributed by atoms with van der Waals surface area (Å²) in [4.78, 5) is 11.8. The molecule has 0 spiro atoms. The van der Waals surface area contributed by atoms with Gasteiger partial charge in [0, 0.05) is 13.5 Å². The van der Waals surface area contributed by atoms with Crippen LogP contribution < -0.4 is 5.32 Å². The number of ether oxygens (including phenoxy) is 6. The molecule has 1 amide bonds. The number of aliphatic hydroxyl groups is 8. The minimum Gasteiger partial charge on any atom is -0.394 e. The van der Waals surface area contributed by atoms with Gasteiger partial charge in [0.2, 0.25) is 5.91 Å². The molecule has 15 atom stereocenters. The van der Waals surface area contributed by atoms with Crippen LogP contribution in [-0.2, 0) is 33.2 Å². The van der Waals surface area contributed by atoms with Crippen molar-refractivity contribution in [3.05, 3.63) is 0 Å². The molecule has 3 fully saturated rings. The third-order valence-electron chi connectivity index (χ3n) is 6.93. The minimum atomic E-state index is -1.79. The Balaban J connectivity index is 1.93. The zero-order chi connectivity index (χ0) is 29.0. The fourth-order valence-electron chi connectivity index (χ4n) is 4.73. The summed E-state index contributed by atoms with van der Waals surface area (Å²) in [5.74, 6) is -0.590. The predicted octanol–water partition coefficient (Wildman–Crippen LogP) is -4.97. The molecule has 0 aromatic rings. The molecule has 0 aromatic heterocycles. The van der Waals surface area contributed by atoms with Crippen LogP contribution in [0.3, 0.4) is 0 Å². The number of rotatable bonds is 10. The van der Waals surface area contributed by atoms with E-state index in [1.54, 1.807) is 0 Å². The molecule has 0 aliphatic carbocycles. The van der Waals surface area contributed by atoms with E-state index in [2.05, 4.69) is 5.32 Å². The van der Waals surface area contributed by atoms with Crippen molar-refractivity contribution < 1.29 is 74.1 Å². The molecule has 9 N–H and O–H groups in total. The highest BCUT2D eigenvalue weighted by Crippen LogP contribution is 2.33. The van der Waals surface area contributed by atoms with Crippen LogP contribution >= 0.6 is 0 Å². The number of amides is 1. The van der Waals surface area contributed by atoms with Gasteiger partial charge in [-0.3, -0.25) is 4.79 Å². The zero-order valence-electron chi connectivity index (χ0n) is 21.9. The van der Waals surface area contributed by atoms with Gasteiger partial charge in [0.05, 0.1) is 19.3 Å². The first-order chi connectivity index (χ1) is 18.4. The summed E-state index contributed by atoms with van der Waals surface area (Å²) >= 11 is 0. The lowest BCUT2D eigenvalue weighted by atomic mass is 9.95. The average Bonchev–Trinajstić information content (AvgIpc) is 2.90. The summed E-state index contributed by atoms with van der Waals surface area (Å²) in [7, 11) is 0. The maximum absolute atomic E-state index is 11.8. The standard InChI is InChI=1S/C23H41NO15/c1-4-5-34-23-20(39-21-12(24-9(3)27)16(31)14(29)10(6-25)36-21)19(13(28)8(2)35-23)38-22-18(33)17(32)15(30)11(7-26)37-22/h8,10-23,25-26,28-33H,4-7H2,1-3H3,(H,24,27)/t8?,10?,11-,12-,13+,14+,15-,16?,17?,18?,19-,20?,21+,22-,23-/m1/s1. The van der Waals surface area contributed by atoms with Crippen LogP contribution in [0.4, 0.5) is 0 Å². The first kappa shape index (κ1) is 32.4. The smallest absolute Gasteiger partial charge is 0.217 e. The van der Waals surface area contributed by atoms with Gasteiger partial charge < -0.3 is 74.6 Å². The number of hydrogen-bond donors (Lipinski definition) is 9. The molecule has 3 rings (SSSR count). The van der Waals surface area contributed by atoms with Crippen LogP contribution in [-0.4, -0.2) is 159 Å². The van der Waals surface area contributed by atoms with E-state index in [0.29, 0.717) is 6.42 Å². The molecule has 3 saturated heterocycles. The topological polar surface area (TPSA) is 246 Å². The fourth-order valence-corrected chi connectivity index (χ4v) is 4.73. The van der Waals surface area contributed by atoms with Crippen molar-refractivity contribution in [2.24, 2.45) is 0 Å². The van der Waals surface area contributed by atoms with E-state index in [1.807, 2.05) is 6.92 Å². The van der Waals surface area contributed by atoms with E-state index in [9.17, 15) is 45.6 Å². The zero-order valence-corrected chi connectivity index (χ0v) is 21.9. The van der Waals surface area contributed by atoms with Gasteiger partial charge >= 0.3 is 0 Å². The molecular weight excluding hydrogens is 530 g/mol. The van der Waals surface area contributed by atoms with Crippen molar-refractivity contribution in [3.63, 3.8) is 0 Å². The highest BCUT2D eigenvalue weighted by Gasteiger charge is 2.54. The highest BCUT2D eigenvalue weighted by molar-refractivity contribution is 5.73. The lowest BCUT2D eigenvalue weighted by Crippen LogP contribution is -2.68. The van der Waals surface area contributed by atoms with E-state index in [-0.39, 0.29) is 6.61 Å². The average molecular weight is 572 g/mol. The number of carbonyl (C=O) groups is 1. The number of aliphatic hydroxyl groups excluding tert-OH is 8. The molecular formula is C23H41NO15. The Morgan fingerprint density at radius 1 is 0.744 bits per heavy atom. The summed E-state index contributed by atoms with van der Waals surface area (Å²) in [6, 6.07) is -1.34. The second kappa shape index (κ2) is 14.2. The van der Waals surface area contributed by atoms with Crippen LogP contribution in [0.1, 0.15) is 27.2 Å². The van der Waals surface area contributed by atoms with Crippen LogP contribution in [0.5, 0.6) is 0 Å². The van der Waals surface area contributed by atoms with Gasteiger partial charge in [-0.1, -0.05) is 6.92 Å². The van der Waals surface area contributed by atoms with Gasteiger partial charge in [-0.2, -0.15) is 0 Å². The molecule has 39 heavy (non-hydrogen) atoms. The van der Waals surface area contributed by atoms with Gasteiger partial charge in [-0.15, -0.1) is 0 Å². The quantitative estimate of drug-likeness (QED) is 0.119. The molecule has 16 heteroatoms. The maximum Gasteiger partial charge on any atom is 0.217 e. The molecule has 3 aliphatic heterocycles. The van der Waals surface area contributed by atoms with Crippen molar-refractivity contribution in [2.45, 2.75) is 119 Å². The molecule has 228 valence electrons. The Kier molecular flexibility index (Phi) is 11.8. The Morgan fingerprint density at radius 2 is 1.31 bits per heavy atom. The van der Waals surface area contributed by atoms with Gasteiger partial charge in [-0.05, 0) is 13.3 Å². The Morgan fingerprint density at radius 3 is 1.87 bits per heavy atom. The Hall–Kier alpha value is -1.09. The number of hydrogen-bond acceptors (Lipinski definition) is 15. The third kappa shape index (κ3) is 7.22. The number of carbonyl (C=O) groups excluding carboxylic acids is 1. The van der Waals surface area contributed by atoms with Crippen LogP contribution in [0.2, 0.25) is 0 Å². The van der Waals surface area contributed by atoms with E-state index in [1.165, 1.54) is 13.8 Å². The molecule has 6 unspecified atom stereocenters. The summed E-state index contributed by atoms with van der Waals surface area (Å²) in [6.45, 7) is 3.29. The Bertz CT molecular complexity index is 776. The lowest BCUT2D eigenvalue weighted by molar-refractivity contribution is -0.383. The van der Waals surface area contributed by atoms with Crippen molar-refractivity contribution in [2.75, 3.05) is 19.8 Å². The maximum atomic E-state index is 11.8. The van der Waals surface area contributed by atoms with Crippen LogP contribution in [0.15, 0.2) is 0 Å². The highest BCUT2D eigenvalue weighted by atomic mass is 16.8. The van der Waals surface area contributed by atoms with E-state index in [4.69, 9.17) is 28.4 Å². The third-order valence-corrected chi connectivity index (χ3v) is 6.93. The molecule has 0 bridgehead atoms. The second-order valence-electron chi connectivity index (χ2n) is 9.90. The second-order valence-corrected chi connectivity index (χ2v) is 9.90. The normalized spacial score (nSPS) is 47.1. The molecule has 16 nitrogen and oxygen atoms in total. The van der Waals surface area contributed by atoms with E-state index in [0.717, 1.165) is 0 Å². The molecule has 0 radical (unpaired) electrons. The van der Waals surface area contributed by atoms with Crippen molar-refractivity contribution in [1.82, 2.24) is 5.32 Å². The molecule has 0 saturated carbocycles. The fraction of sp³-hybridized carbons (Fsp3) is 0.957. The number of nitrogens with one attached hydrogen (secondary N) is 1. The first-order valence-electron chi connectivity index (χ1n) is 12.9. The molecule has 3 heterocycles. The van der Waals surface area contributed by atoms with Crippen LogP contribution in [0, 0.1) is 0 Å². The first-order valence-corrected chi connectivity index (χ1v) is 12.9. The summed E-state index contributed by atoms with van der Waals surface area (Å²) < 4.78 is 34.6. The summed E-state index contributed by atoms with van der Waals surface area (Å²) in [5, 5.41) is 84.4. The van der Waals surface area contributed by atoms with Crippen LogP contribution in [0.25, 0.3) is 0 Å². The molecule has 0 aromatic carbocycles. The lowest BCUT2D eigenvalue weighted by Gasteiger charge is -2.49. The van der Waals surface area contributed by atoms with Gasteiger partial charge in [0.1, 0.15) is 67.1 Å². The molecule has 3 aliphatic rings. The monoisotopic (exact) mass is 571 g/mol. The predicted molar refractivity (Wildman–Crippen MR) is 125 cm³/mol. The summed E-state index contributed by atoms with van der Waals surface area (Å²) in [6.07, 6.45) is -20.0. The van der Waals surface area contributed by atoms with Crippen molar-refractivity contribution in [1.29, 1.82) is 0 Å².